The fourth-order valence-corrected chi connectivity index (χ4v) is 4.90. The normalized spacial score (nSPS) is 13.5. The molecule has 0 radical (unpaired) electrons. The summed E-state index contributed by atoms with van der Waals surface area (Å²) in [7, 11) is 0. The molecule has 0 saturated heterocycles. The second-order valence-electron chi connectivity index (χ2n) is 8.31. The molecule has 0 atom stereocenters. The molecule has 0 N–H and O–H groups in total. The van der Waals surface area contributed by atoms with Crippen LogP contribution in [0.5, 0.6) is 0 Å². The Morgan fingerprint density at radius 2 is 1.33 bits per heavy atom. The molecule has 4 aromatic rings. The maximum Gasteiger partial charge on any atom is 0.242 e. The summed E-state index contributed by atoms with van der Waals surface area (Å²) in [6.07, 6.45) is 4.63. The van der Waals surface area contributed by atoms with Crippen LogP contribution in [0, 0.1) is 13.8 Å². The zero-order valence-corrected chi connectivity index (χ0v) is 17.8. The Morgan fingerprint density at radius 1 is 0.600 bits per heavy atom. The molecular weight excluding hydrogens is 359 g/mol. The average Bonchev–Trinajstić information content (AvgIpc) is 3.06. The van der Waals surface area contributed by atoms with Crippen molar-refractivity contribution in [3.8, 4) is 0 Å². The standard InChI is InChI=1S/C29H25B/c1-20-10-7-8-12-23(20)16-18-27-22(3)29-26-15-9-11-21(2)25(26)17-19-28(29)30(27)24-13-5-4-6-14-24/h4-19H,1-3H3/b18-16-. The summed E-state index contributed by atoms with van der Waals surface area (Å²) in [5.41, 5.74) is 10.9. The van der Waals surface area contributed by atoms with E-state index in [1.165, 1.54) is 55.0 Å². The molecule has 1 heterocycles. The van der Waals surface area contributed by atoms with E-state index in [1.807, 2.05) is 0 Å². The minimum Gasteiger partial charge on any atom is -0.0686 e. The van der Waals surface area contributed by atoms with Gasteiger partial charge in [0, 0.05) is 0 Å². The molecule has 0 nitrogen and oxygen atoms in total. The van der Waals surface area contributed by atoms with Crippen molar-refractivity contribution in [3.05, 3.63) is 119 Å². The Balaban J connectivity index is 1.74. The van der Waals surface area contributed by atoms with Crippen molar-refractivity contribution in [2.75, 3.05) is 0 Å². The molecule has 0 saturated carbocycles. The van der Waals surface area contributed by atoms with Gasteiger partial charge in [0.1, 0.15) is 0 Å². The lowest BCUT2D eigenvalue weighted by molar-refractivity contribution is 1.44. The topological polar surface area (TPSA) is 0 Å². The number of hydrogen-bond donors (Lipinski definition) is 0. The van der Waals surface area contributed by atoms with Crippen molar-refractivity contribution in [1.29, 1.82) is 0 Å². The Labute approximate surface area is 179 Å². The van der Waals surface area contributed by atoms with Crippen molar-refractivity contribution in [3.63, 3.8) is 0 Å². The van der Waals surface area contributed by atoms with Crippen LogP contribution in [0.25, 0.3) is 22.4 Å². The van der Waals surface area contributed by atoms with Gasteiger partial charge in [0.05, 0.1) is 0 Å². The van der Waals surface area contributed by atoms with Crippen molar-refractivity contribution in [1.82, 2.24) is 0 Å². The van der Waals surface area contributed by atoms with E-state index in [9.17, 15) is 0 Å². The molecule has 0 spiro atoms. The van der Waals surface area contributed by atoms with Crippen molar-refractivity contribution >= 4 is 40.1 Å². The zero-order valence-electron chi connectivity index (χ0n) is 17.8. The fraction of sp³-hybridized carbons (Fsp3) is 0.103. The number of allylic oxidation sites excluding steroid dienone is 3. The van der Waals surface area contributed by atoms with Gasteiger partial charge in [-0.1, -0.05) is 113 Å². The number of benzene rings is 4. The molecule has 0 amide bonds. The molecule has 1 aliphatic rings. The molecule has 4 aromatic carbocycles. The highest BCUT2D eigenvalue weighted by Crippen LogP contribution is 2.34. The molecule has 30 heavy (non-hydrogen) atoms. The van der Waals surface area contributed by atoms with E-state index < -0.39 is 0 Å². The van der Waals surface area contributed by atoms with Crippen LogP contribution in [0.1, 0.15) is 29.2 Å². The first kappa shape index (κ1) is 18.7. The van der Waals surface area contributed by atoms with Crippen LogP contribution in [0.4, 0.5) is 0 Å². The molecule has 0 unspecified atom stereocenters. The quantitative estimate of drug-likeness (QED) is 0.374. The van der Waals surface area contributed by atoms with Gasteiger partial charge in [-0.3, -0.25) is 0 Å². The first-order valence-electron chi connectivity index (χ1n) is 10.7. The minimum atomic E-state index is 0.270. The molecule has 1 aliphatic heterocycles. The molecule has 1 heteroatoms. The average molecular weight is 384 g/mol. The number of rotatable bonds is 3. The fourth-order valence-electron chi connectivity index (χ4n) is 4.90. The van der Waals surface area contributed by atoms with Gasteiger partial charge in [0.25, 0.3) is 0 Å². The van der Waals surface area contributed by atoms with E-state index in [4.69, 9.17) is 0 Å². The molecule has 0 aromatic heterocycles. The van der Waals surface area contributed by atoms with Gasteiger partial charge in [0.15, 0.2) is 0 Å². The largest absolute Gasteiger partial charge is 0.242 e. The number of aryl methyl sites for hydroxylation is 2. The summed E-state index contributed by atoms with van der Waals surface area (Å²) in [6.45, 7) is 6.94. The van der Waals surface area contributed by atoms with Gasteiger partial charge < -0.3 is 0 Å². The Morgan fingerprint density at radius 3 is 2.13 bits per heavy atom. The second-order valence-corrected chi connectivity index (χ2v) is 8.31. The molecule has 144 valence electrons. The van der Waals surface area contributed by atoms with Crippen molar-refractivity contribution < 1.29 is 0 Å². The lowest BCUT2D eigenvalue weighted by Gasteiger charge is -2.13. The van der Waals surface area contributed by atoms with Crippen molar-refractivity contribution in [2.24, 2.45) is 0 Å². The maximum absolute atomic E-state index is 2.35. The van der Waals surface area contributed by atoms with E-state index in [0.29, 0.717) is 0 Å². The summed E-state index contributed by atoms with van der Waals surface area (Å²) < 4.78 is 0. The summed E-state index contributed by atoms with van der Waals surface area (Å²) in [5, 5.41) is 2.72. The lowest BCUT2D eigenvalue weighted by atomic mass is 9.38. The van der Waals surface area contributed by atoms with Gasteiger partial charge >= 0.3 is 0 Å². The molecule has 0 fully saturated rings. The predicted octanol–water partition coefficient (Wildman–Crippen LogP) is 6.11. The molecule has 0 bridgehead atoms. The number of fused-ring (bicyclic) bond motifs is 3. The SMILES string of the molecule is CC1=C(/C=C\c2ccccc2C)B(c2ccccc2)c2ccc3c(C)cccc3c21. The van der Waals surface area contributed by atoms with Gasteiger partial charge in [-0.05, 0) is 59.4 Å². The third kappa shape index (κ3) is 3.02. The van der Waals surface area contributed by atoms with Crippen LogP contribution in [0.15, 0.2) is 96.5 Å². The summed E-state index contributed by atoms with van der Waals surface area (Å²) in [4.78, 5) is 0. The van der Waals surface area contributed by atoms with Crippen LogP contribution in [0.2, 0.25) is 0 Å². The van der Waals surface area contributed by atoms with Crippen LogP contribution >= 0.6 is 0 Å². The third-order valence-corrected chi connectivity index (χ3v) is 6.51. The van der Waals surface area contributed by atoms with Gasteiger partial charge in [-0.15, -0.1) is 0 Å². The highest BCUT2D eigenvalue weighted by atomic mass is 14.2. The molecule has 5 rings (SSSR count). The minimum absolute atomic E-state index is 0.270. The second kappa shape index (κ2) is 7.50. The van der Waals surface area contributed by atoms with Gasteiger partial charge in [-0.25, -0.2) is 0 Å². The van der Waals surface area contributed by atoms with Gasteiger partial charge in [-0.2, -0.15) is 0 Å². The maximum atomic E-state index is 2.35. The van der Waals surface area contributed by atoms with E-state index >= 15 is 0 Å². The Hall–Kier alpha value is -3.32. The summed E-state index contributed by atoms with van der Waals surface area (Å²) >= 11 is 0. The number of hydrogen-bond acceptors (Lipinski definition) is 0. The highest BCUT2D eigenvalue weighted by Gasteiger charge is 2.33. The van der Waals surface area contributed by atoms with Crippen LogP contribution in [-0.2, 0) is 0 Å². The first-order chi connectivity index (χ1) is 14.6. The molecule has 0 aliphatic carbocycles. The first-order valence-corrected chi connectivity index (χ1v) is 10.7. The van der Waals surface area contributed by atoms with Crippen LogP contribution < -0.4 is 10.9 Å². The Kier molecular flexibility index (Phi) is 4.67. The summed E-state index contributed by atoms with van der Waals surface area (Å²) in [5.74, 6) is 0. The van der Waals surface area contributed by atoms with Gasteiger partial charge in [0.2, 0.25) is 6.71 Å². The smallest absolute Gasteiger partial charge is 0.0686 e. The third-order valence-electron chi connectivity index (χ3n) is 6.51. The lowest BCUT2D eigenvalue weighted by Crippen LogP contribution is -2.42. The van der Waals surface area contributed by atoms with Crippen LogP contribution in [-0.4, -0.2) is 6.71 Å². The monoisotopic (exact) mass is 384 g/mol. The van der Waals surface area contributed by atoms with E-state index in [1.54, 1.807) is 0 Å². The summed E-state index contributed by atoms with van der Waals surface area (Å²) in [6, 6.07) is 30.8. The van der Waals surface area contributed by atoms with E-state index in [-0.39, 0.29) is 6.71 Å². The Bertz CT molecular complexity index is 1310. The predicted molar refractivity (Wildman–Crippen MR) is 133 cm³/mol. The zero-order chi connectivity index (χ0) is 20.7. The van der Waals surface area contributed by atoms with E-state index in [2.05, 4.69) is 118 Å². The molecular formula is C29H25B. The van der Waals surface area contributed by atoms with E-state index in [0.717, 1.165) is 0 Å². The van der Waals surface area contributed by atoms with Crippen molar-refractivity contribution in [2.45, 2.75) is 20.8 Å². The highest BCUT2D eigenvalue weighted by molar-refractivity contribution is 6.94. The van der Waals surface area contributed by atoms with Crippen LogP contribution in [0.3, 0.4) is 0 Å².